The first-order valence-corrected chi connectivity index (χ1v) is 13.4. The Kier molecular flexibility index (Phi) is 8.24. The number of hydrogen-bond acceptors (Lipinski definition) is 6. The lowest BCUT2D eigenvalue weighted by Gasteiger charge is -2.12. The van der Waals surface area contributed by atoms with E-state index in [4.69, 9.17) is 37.2 Å². The van der Waals surface area contributed by atoms with Gasteiger partial charge in [-0.2, -0.15) is 0 Å². The van der Waals surface area contributed by atoms with Crippen molar-refractivity contribution in [3.05, 3.63) is 99.4 Å². The normalized spacial score (nSPS) is 13.9. The van der Waals surface area contributed by atoms with E-state index in [2.05, 4.69) is 16.9 Å². The highest BCUT2D eigenvalue weighted by atomic mass is 35.5. The minimum absolute atomic E-state index is 0.0657. The zero-order valence-corrected chi connectivity index (χ0v) is 23.2. The van der Waals surface area contributed by atoms with Crippen LogP contribution in [0.15, 0.2) is 87.5 Å². The maximum atomic E-state index is 11.4. The van der Waals surface area contributed by atoms with Gasteiger partial charge < -0.3 is 19.1 Å². The average molecular weight is 577 g/mol. The van der Waals surface area contributed by atoms with Crippen LogP contribution in [0.1, 0.15) is 37.0 Å². The van der Waals surface area contributed by atoms with Gasteiger partial charge in [0.25, 0.3) is 0 Å². The Hall–Kier alpha value is -4.07. The van der Waals surface area contributed by atoms with Crippen molar-refractivity contribution in [3.8, 4) is 22.8 Å². The summed E-state index contributed by atoms with van der Waals surface area (Å²) in [6.07, 6.45) is 5.19. The van der Waals surface area contributed by atoms with Gasteiger partial charge in [-0.3, -0.25) is 4.99 Å². The van der Waals surface area contributed by atoms with Crippen molar-refractivity contribution < 1.29 is 23.9 Å². The topological polar surface area (TPSA) is 94.2 Å². The number of ether oxygens (including phenoxy) is 2. The smallest absolute Gasteiger partial charge is 0.337 e. The lowest BCUT2D eigenvalue weighted by molar-refractivity contribution is -0.132. The standard InChI is InChI=1S/C31H26Cl2N2O5/c1-18(34-2)22(31(36)37)7-5-15-38-27-10-3-6-20-16-21(13-14-23(20)27)39-17-24-29(35-40-30(24)19-11-12-19)28-25(32)8-4-9-26(28)33/h3-10,13-14,16,19H,2,11-12,15,17H2,1H3,(H,36,37)/b7-5-,22-18+. The zero-order chi connectivity index (χ0) is 28.2. The fourth-order valence-corrected chi connectivity index (χ4v) is 4.96. The monoisotopic (exact) mass is 576 g/mol. The van der Waals surface area contributed by atoms with E-state index in [1.807, 2.05) is 36.4 Å². The number of carboxylic acids is 1. The van der Waals surface area contributed by atoms with Gasteiger partial charge in [-0.1, -0.05) is 46.6 Å². The molecule has 9 heteroatoms. The van der Waals surface area contributed by atoms with Crippen LogP contribution in [0.5, 0.6) is 11.5 Å². The Morgan fingerprint density at radius 1 is 1.15 bits per heavy atom. The van der Waals surface area contributed by atoms with Crippen molar-refractivity contribution in [2.45, 2.75) is 32.3 Å². The summed E-state index contributed by atoms with van der Waals surface area (Å²) >= 11 is 12.9. The van der Waals surface area contributed by atoms with E-state index in [-0.39, 0.29) is 18.8 Å². The number of hydrogen-bond donors (Lipinski definition) is 1. The number of carbonyl (C=O) groups is 1. The van der Waals surface area contributed by atoms with Gasteiger partial charge in [0.2, 0.25) is 0 Å². The van der Waals surface area contributed by atoms with Crippen LogP contribution < -0.4 is 9.47 Å². The number of rotatable bonds is 11. The highest BCUT2D eigenvalue weighted by molar-refractivity contribution is 6.39. The minimum Gasteiger partial charge on any atom is -0.489 e. The van der Waals surface area contributed by atoms with E-state index in [0.717, 1.165) is 34.9 Å². The molecule has 1 fully saturated rings. The predicted octanol–water partition coefficient (Wildman–Crippen LogP) is 8.25. The molecule has 4 aromatic rings. The number of allylic oxidation sites excluding steroid dienone is 1. The molecule has 3 aromatic carbocycles. The molecule has 1 N–H and O–H groups in total. The van der Waals surface area contributed by atoms with Crippen molar-refractivity contribution in [2.75, 3.05) is 6.61 Å². The number of aliphatic imine (C=N–C) groups is 1. The van der Waals surface area contributed by atoms with Crippen LogP contribution in [0.2, 0.25) is 10.0 Å². The second-order valence-electron chi connectivity index (χ2n) is 9.35. The second kappa shape index (κ2) is 12.0. The first kappa shape index (κ1) is 27.5. The zero-order valence-electron chi connectivity index (χ0n) is 21.7. The van der Waals surface area contributed by atoms with E-state index in [0.29, 0.717) is 44.4 Å². The Morgan fingerprint density at radius 3 is 2.60 bits per heavy atom. The number of nitrogens with zero attached hydrogens (tertiary/aromatic N) is 2. The van der Waals surface area contributed by atoms with Gasteiger partial charge >= 0.3 is 5.97 Å². The summed E-state index contributed by atoms with van der Waals surface area (Å²) in [6, 6.07) is 16.8. The summed E-state index contributed by atoms with van der Waals surface area (Å²) in [7, 11) is 0. The summed E-state index contributed by atoms with van der Waals surface area (Å²) in [4.78, 5) is 15.1. The summed E-state index contributed by atoms with van der Waals surface area (Å²) < 4.78 is 17.9. The van der Waals surface area contributed by atoms with E-state index in [9.17, 15) is 9.90 Å². The fraction of sp³-hybridized carbons (Fsp3) is 0.194. The average Bonchev–Trinajstić information content (AvgIpc) is 3.71. The number of benzene rings is 3. The SMILES string of the molecule is C=N/C(C)=C(\C=C/COc1cccc2cc(OCc3c(-c4c(Cl)cccc4Cl)noc3C3CC3)ccc12)C(=O)O. The quantitative estimate of drug-likeness (QED) is 0.110. The predicted molar refractivity (Wildman–Crippen MR) is 157 cm³/mol. The van der Waals surface area contributed by atoms with Crippen LogP contribution in [0.25, 0.3) is 22.0 Å². The van der Waals surface area contributed by atoms with Crippen LogP contribution in [0, 0.1) is 0 Å². The van der Waals surface area contributed by atoms with Crippen LogP contribution >= 0.6 is 23.2 Å². The molecule has 0 unspecified atom stereocenters. The van der Waals surface area contributed by atoms with Crippen LogP contribution in [0.3, 0.4) is 0 Å². The van der Waals surface area contributed by atoms with E-state index in [1.165, 1.54) is 6.08 Å². The minimum atomic E-state index is -1.07. The Bertz CT molecular complexity index is 1630. The summed E-state index contributed by atoms with van der Waals surface area (Å²) in [5.41, 5.74) is 2.48. The third-order valence-corrected chi connectivity index (χ3v) is 7.27. The summed E-state index contributed by atoms with van der Waals surface area (Å²) in [6.45, 7) is 5.41. The fourth-order valence-electron chi connectivity index (χ4n) is 4.39. The molecule has 1 aliphatic carbocycles. The van der Waals surface area contributed by atoms with Crippen LogP contribution in [-0.4, -0.2) is 29.6 Å². The lowest BCUT2D eigenvalue weighted by atomic mass is 10.0. The van der Waals surface area contributed by atoms with E-state index >= 15 is 0 Å². The van der Waals surface area contributed by atoms with Crippen molar-refractivity contribution in [3.63, 3.8) is 0 Å². The molecule has 1 aromatic heterocycles. The highest BCUT2D eigenvalue weighted by Gasteiger charge is 2.33. The molecule has 204 valence electrons. The number of halogens is 2. The molecule has 7 nitrogen and oxygen atoms in total. The van der Waals surface area contributed by atoms with Crippen LogP contribution in [0.4, 0.5) is 0 Å². The molecule has 0 saturated heterocycles. The Balaban J connectivity index is 1.34. The number of carboxylic acid groups (broad SMARTS) is 1. The molecule has 1 heterocycles. The van der Waals surface area contributed by atoms with Crippen molar-refractivity contribution >= 4 is 46.7 Å². The maximum Gasteiger partial charge on any atom is 0.337 e. The summed E-state index contributed by atoms with van der Waals surface area (Å²) in [5, 5.41) is 16.5. The second-order valence-corrected chi connectivity index (χ2v) is 10.2. The number of aliphatic carboxylic acids is 1. The summed E-state index contributed by atoms with van der Waals surface area (Å²) in [5.74, 6) is 1.41. The molecule has 0 atom stereocenters. The van der Waals surface area contributed by atoms with Gasteiger partial charge in [0, 0.05) is 16.9 Å². The highest BCUT2D eigenvalue weighted by Crippen LogP contribution is 2.46. The van der Waals surface area contributed by atoms with E-state index in [1.54, 1.807) is 31.2 Å². The lowest BCUT2D eigenvalue weighted by Crippen LogP contribution is -2.01. The first-order chi connectivity index (χ1) is 19.4. The molecule has 40 heavy (non-hydrogen) atoms. The first-order valence-electron chi connectivity index (χ1n) is 12.7. The molecule has 0 bridgehead atoms. The van der Waals surface area contributed by atoms with Crippen molar-refractivity contribution in [2.24, 2.45) is 4.99 Å². The third-order valence-electron chi connectivity index (χ3n) is 6.64. The van der Waals surface area contributed by atoms with Gasteiger partial charge in [0.1, 0.15) is 36.2 Å². The van der Waals surface area contributed by atoms with Crippen molar-refractivity contribution in [1.82, 2.24) is 5.16 Å². The van der Waals surface area contributed by atoms with Gasteiger partial charge in [-0.15, -0.1) is 0 Å². The molecular weight excluding hydrogens is 551 g/mol. The number of aromatic nitrogens is 1. The molecule has 5 rings (SSSR count). The molecular formula is C31H26Cl2N2O5. The van der Waals surface area contributed by atoms with Gasteiger partial charge in [0.15, 0.2) is 0 Å². The van der Waals surface area contributed by atoms with E-state index < -0.39 is 5.97 Å². The molecule has 0 amide bonds. The molecule has 0 radical (unpaired) electrons. The van der Waals surface area contributed by atoms with Crippen molar-refractivity contribution in [1.29, 1.82) is 0 Å². The van der Waals surface area contributed by atoms with Gasteiger partial charge in [0.05, 0.1) is 26.9 Å². The third kappa shape index (κ3) is 5.91. The maximum absolute atomic E-state index is 11.4. The molecule has 0 aliphatic heterocycles. The van der Waals surface area contributed by atoms with Gasteiger partial charge in [-0.25, -0.2) is 4.79 Å². The molecule has 1 saturated carbocycles. The number of fused-ring (bicyclic) bond motifs is 1. The van der Waals surface area contributed by atoms with Gasteiger partial charge in [-0.05, 0) is 80.4 Å². The molecule has 1 aliphatic rings. The Labute approximate surface area is 241 Å². The largest absolute Gasteiger partial charge is 0.489 e. The van der Waals surface area contributed by atoms with Crippen LogP contribution in [-0.2, 0) is 11.4 Å². The Morgan fingerprint density at radius 2 is 1.90 bits per heavy atom. The molecule has 0 spiro atoms.